The number of ether oxygens (including phenoxy) is 1. The van der Waals surface area contributed by atoms with Crippen molar-refractivity contribution >= 4 is 17.3 Å². The minimum atomic E-state index is -2.65. The zero-order valence-electron chi connectivity index (χ0n) is 9.24. The third-order valence-electron chi connectivity index (χ3n) is 2.29. The predicted molar refractivity (Wildman–Crippen MR) is 67.3 cm³/mol. The van der Waals surface area contributed by atoms with Gasteiger partial charge in [-0.25, -0.2) is 8.78 Å². The zero-order chi connectivity index (χ0) is 13.1. The van der Waals surface area contributed by atoms with Gasteiger partial charge in [0.05, 0.1) is 5.56 Å². The highest BCUT2D eigenvalue weighted by atomic mass is 35.5. The van der Waals surface area contributed by atoms with Crippen molar-refractivity contribution < 1.29 is 13.5 Å². The highest BCUT2D eigenvalue weighted by molar-refractivity contribution is 6.30. The second-order valence-corrected chi connectivity index (χ2v) is 4.09. The van der Waals surface area contributed by atoms with Gasteiger partial charge in [0.15, 0.2) is 0 Å². The van der Waals surface area contributed by atoms with E-state index in [1.165, 1.54) is 18.2 Å². The Labute approximate surface area is 108 Å². The number of rotatable bonds is 3. The molecule has 0 atom stereocenters. The number of hydrogen-bond donors (Lipinski definition) is 1. The van der Waals surface area contributed by atoms with Crippen LogP contribution in [0.5, 0.6) is 11.5 Å². The number of alkyl halides is 2. The second-order valence-electron chi connectivity index (χ2n) is 3.66. The number of nitrogens with two attached hydrogens (primary N) is 1. The highest BCUT2D eigenvalue weighted by Crippen LogP contribution is 2.34. The molecule has 0 radical (unpaired) electrons. The number of hydrogen-bond acceptors (Lipinski definition) is 2. The Morgan fingerprint density at radius 3 is 2.56 bits per heavy atom. The maximum absolute atomic E-state index is 12.8. The third-order valence-corrected chi connectivity index (χ3v) is 2.53. The fourth-order valence-corrected chi connectivity index (χ4v) is 1.67. The van der Waals surface area contributed by atoms with Gasteiger partial charge in [0, 0.05) is 10.7 Å². The maximum Gasteiger partial charge on any atom is 0.267 e. The summed E-state index contributed by atoms with van der Waals surface area (Å²) in [5.74, 6) is 0.468. The molecule has 0 spiro atoms. The number of benzene rings is 2. The smallest absolute Gasteiger partial charge is 0.267 e. The molecule has 0 aliphatic carbocycles. The van der Waals surface area contributed by atoms with Gasteiger partial charge >= 0.3 is 0 Å². The first kappa shape index (κ1) is 12.6. The van der Waals surface area contributed by atoms with E-state index in [4.69, 9.17) is 22.1 Å². The zero-order valence-corrected chi connectivity index (χ0v) is 9.99. The summed E-state index contributed by atoms with van der Waals surface area (Å²) < 4.78 is 31.0. The molecule has 0 saturated heterocycles. The van der Waals surface area contributed by atoms with Gasteiger partial charge in [-0.3, -0.25) is 0 Å². The first-order valence-electron chi connectivity index (χ1n) is 5.17. The lowest BCUT2D eigenvalue weighted by Gasteiger charge is -2.11. The molecule has 2 rings (SSSR count). The van der Waals surface area contributed by atoms with E-state index in [-0.39, 0.29) is 17.0 Å². The molecule has 0 aliphatic rings. The molecule has 2 aromatic rings. The molecule has 0 fully saturated rings. The van der Waals surface area contributed by atoms with Crippen molar-refractivity contribution in [1.82, 2.24) is 0 Å². The molecule has 0 heterocycles. The lowest BCUT2D eigenvalue weighted by molar-refractivity contribution is 0.148. The normalized spacial score (nSPS) is 10.7. The first-order chi connectivity index (χ1) is 8.56. The van der Waals surface area contributed by atoms with E-state index in [0.29, 0.717) is 10.8 Å². The lowest BCUT2D eigenvalue weighted by atomic mass is 10.2. The van der Waals surface area contributed by atoms with Crippen molar-refractivity contribution in [3.05, 3.63) is 53.1 Å². The Morgan fingerprint density at radius 1 is 1.11 bits per heavy atom. The van der Waals surface area contributed by atoms with Crippen molar-refractivity contribution in [2.24, 2.45) is 0 Å². The molecule has 94 valence electrons. The van der Waals surface area contributed by atoms with Crippen LogP contribution in [0.2, 0.25) is 5.02 Å². The average molecular weight is 270 g/mol. The van der Waals surface area contributed by atoms with E-state index in [1.807, 2.05) is 0 Å². The Kier molecular flexibility index (Phi) is 3.67. The molecule has 2 aromatic carbocycles. The Balaban J connectivity index is 2.34. The van der Waals surface area contributed by atoms with Crippen molar-refractivity contribution in [3.63, 3.8) is 0 Å². The number of nitrogen functional groups attached to an aromatic ring is 1. The molecular weight excluding hydrogens is 260 g/mol. The Morgan fingerprint density at radius 2 is 1.89 bits per heavy atom. The highest BCUT2D eigenvalue weighted by Gasteiger charge is 2.15. The molecule has 2 nitrogen and oxygen atoms in total. The minimum Gasteiger partial charge on any atom is -0.457 e. The summed E-state index contributed by atoms with van der Waals surface area (Å²) in [7, 11) is 0. The molecule has 0 aliphatic heterocycles. The van der Waals surface area contributed by atoms with Crippen LogP contribution >= 0.6 is 11.6 Å². The molecule has 18 heavy (non-hydrogen) atoms. The first-order valence-corrected chi connectivity index (χ1v) is 5.55. The monoisotopic (exact) mass is 269 g/mol. The molecule has 0 aromatic heterocycles. The van der Waals surface area contributed by atoms with Gasteiger partial charge in [-0.2, -0.15) is 0 Å². The summed E-state index contributed by atoms with van der Waals surface area (Å²) in [6.07, 6.45) is -2.65. The fourth-order valence-electron chi connectivity index (χ4n) is 1.49. The summed E-state index contributed by atoms with van der Waals surface area (Å²) in [6, 6.07) is 10.7. The SMILES string of the molecule is Nc1ccc(Oc2cccc(Cl)c2)c(C(F)F)c1. The van der Waals surface area contributed by atoms with Crippen LogP contribution in [0, 0.1) is 0 Å². The molecular formula is C13H10ClF2NO. The molecule has 2 N–H and O–H groups in total. The summed E-state index contributed by atoms with van der Waals surface area (Å²) >= 11 is 5.79. The van der Waals surface area contributed by atoms with Crippen LogP contribution < -0.4 is 10.5 Å². The molecule has 0 bridgehead atoms. The van der Waals surface area contributed by atoms with Gasteiger partial charge < -0.3 is 10.5 Å². The van der Waals surface area contributed by atoms with Crippen LogP contribution in [0.1, 0.15) is 12.0 Å². The summed E-state index contributed by atoms with van der Waals surface area (Å²) in [5.41, 5.74) is 5.50. The number of halogens is 3. The van der Waals surface area contributed by atoms with Gasteiger partial charge in [0.25, 0.3) is 6.43 Å². The van der Waals surface area contributed by atoms with Crippen LogP contribution in [0.4, 0.5) is 14.5 Å². The van der Waals surface area contributed by atoms with E-state index in [2.05, 4.69) is 0 Å². The summed E-state index contributed by atoms with van der Waals surface area (Å²) in [4.78, 5) is 0. The van der Waals surface area contributed by atoms with E-state index in [0.717, 1.165) is 0 Å². The fraction of sp³-hybridized carbons (Fsp3) is 0.0769. The number of anilines is 1. The molecule has 0 amide bonds. The van der Waals surface area contributed by atoms with Crippen molar-refractivity contribution in [2.75, 3.05) is 5.73 Å². The predicted octanol–water partition coefficient (Wildman–Crippen LogP) is 4.65. The van der Waals surface area contributed by atoms with E-state index in [1.54, 1.807) is 24.3 Å². The van der Waals surface area contributed by atoms with Crippen LogP contribution in [0.25, 0.3) is 0 Å². The Bertz CT molecular complexity index is 560. The topological polar surface area (TPSA) is 35.2 Å². The molecule has 0 saturated carbocycles. The van der Waals surface area contributed by atoms with Gasteiger partial charge in [-0.05, 0) is 36.4 Å². The molecule has 5 heteroatoms. The summed E-state index contributed by atoms with van der Waals surface area (Å²) in [5, 5.41) is 0.474. The van der Waals surface area contributed by atoms with E-state index >= 15 is 0 Å². The average Bonchev–Trinajstić information content (AvgIpc) is 2.31. The minimum absolute atomic E-state index is 0.0708. The van der Waals surface area contributed by atoms with Crippen LogP contribution in [0.15, 0.2) is 42.5 Å². The van der Waals surface area contributed by atoms with Crippen molar-refractivity contribution in [1.29, 1.82) is 0 Å². The standard InChI is InChI=1S/C13H10ClF2NO/c14-8-2-1-3-10(6-8)18-12-5-4-9(17)7-11(12)13(15)16/h1-7,13H,17H2. The van der Waals surface area contributed by atoms with Crippen LogP contribution in [-0.4, -0.2) is 0 Å². The van der Waals surface area contributed by atoms with Gasteiger partial charge in [0.1, 0.15) is 11.5 Å². The quantitative estimate of drug-likeness (QED) is 0.823. The Hall–Kier alpha value is -1.81. The van der Waals surface area contributed by atoms with Gasteiger partial charge in [0.2, 0.25) is 0 Å². The van der Waals surface area contributed by atoms with Crippen molar-refractivity contribution in [2.45, 2.75) is 6.43 Å². The third kappa shape index (κ3) is 2.90. The van der Waals surface area contributed by atoms with Crippen molar-refractivity contribution in [3.8, 4) is 11.5 Å². The molecule has 0 unspecified atom stereocenters. The van der Waals surface area contributed by atoms with Crippen LogP contribution in [-0.2, 0) is 0 Å². The van der Waals surface area contributed by atoms with E-state index < -0.39 is 6.43 Å². The largest absolute Gasteiger partial charge is 0.457 e. The maximum atomic E-state index is 12.8. The van der Waals surface area contributed by atoms with E-state index in [9.17, 15) is 8.78 Å². The second kappa shape index (κ2) is 5.23. The van der Waals surface area contributed by atoms with Gasteiger partial charge in [-0.15, -0.1) is 0 Å². The summed E-state index contributed by atoms with van der Waals surface area (Å²) in [6.45, 7) is 0. The van der Waals surface area contributed by atoms with Crippen LogP contribution in [0.3, 0.4) is 0 Å². The van der Waals surface area contributed by atoms with Gasteiger partial charge in [-0.1, -0.05) is 17.7 Å². The lowest BCUT2D eigenvalue weighted by Crippen LogP contribution is -1.95.